The van der Waals surface area contributed by atoms with E-state index in [4.69, 9.17) is 9.47 Å². The van der Waals surface area contributed by atoms with Crippen molar-refractivity contribution in [2.75, 3.05) is 26.7 Å². The molecule has 0 aromatic heterocycles. The minimum atomic E-state index is -0.300. The fourth-order valence-electron chi connectivity index (χ4n) is 5.85. The second-order valence-electron chi connectivity index (χ2n) is 9.42. The number of amides is 1. The molecule has 4 rings (SSSR count). The van der Waals surface area contributed by atoms with Crippen molar-refractivity contribution >= 4 is 11.9 Å². The number of carbonyl (C=O) groups excluding carboxylic acids is 2. The minimum absolute atomic E-state index is 0.0992. The quantitative estimate of drug-likeness (QED) is 0.498. The minimum Gasteiger partial charge on any atom is -0.497 e. The molecule has 1 aliphatic carbocycles. The largest absolute Gasteiger partial charge is 0.497 e. The maximum atomic E-state index is 13.0. The Morgan fingerprint density at radius 1 is 1.21 bits per heavy atom. The molecular weight excluding hydrogens is 428 g/mol. The molecular formula is C28H34N2O4. The number of benzene rings is 2. The standard InChI is InChI=1S/C28H34N2O4/c1-4-14-30-15-13-28(22-11-8-12-24(16-22)33-3)18-23(17-26(25(28)19-30)34-20(2)31)29-27(32)21-9-6-5-7-10-21/h4-12,16,23,25-26H,1,13-15,17-19H2,2-3H3,(H,29,32)/t23-,25-,26?,28-/m0/s1. The van der Waals surface area contributed by atoms with Crippen molar-refractivity contribution in [2.24, 2.45) is 5.92 Å². The van der Waals surface area contributed by atoms with E-state index in [9.17, 15) is 9.59 Å². The Morgan fingerprint density at radius 2 is 2.00 bits per heavy atom. The van der Waals surface area contributed by atoms with Gasteiger partial charge in [0.25, 0.3) is 5.91 Å². The van der Waals surface area contributed by atoms with E-state index >= 15 is 0 Å². The Bertz CT molecular complexity index is 1020. The Hall–Kier alpha value is -3.12. The molecule has 1 amide bonds. The third kappa shape index (κ3) is 5.02. The Balaban J connectivity index is 1.71. The molecule has 1 saturated carbocycles. The first kappa shape index (κ1) is 24.0. The van der Waals surface area contributed by atoms with Crippen LogP contribution in [0.1, 0.15) is 42.1 Å². The molecule has 2 aromatic carbocycles. The summed E-state index contributed by atoms with van der Waals surface area (Å²) in [7, 11) is 1.67. The van der Waals surface area contributed by atoms with Crippen molar-refractivity contribution < 1.29 is 19.1 Å². The number of methoxy groups -OCH3 is 1. The van der Waals surface area contributed by atoms with E-state index in [1.807, 2.05) is 48.5 Å². The average Bonchev–Trinajstić information content (AvgIpc) is 2.85. The molecule has 6 nitrogen and oxygen atoms in total. The first-order valence-corrected chi connectivity index (χ1v) is 12.0. The first-order chi connectivity index (χ1) is 16.4. The van der Waals surface area contributed by atoms with E-state index in [1.54, 1.807) is 7.11 Å². The van der Waals surface area contributed by atoms with Crippen LogP contribution in [0.25, 0.3) is 0 Å². The number of rotatable bonds is 7. The monoisotopic (exact) mass is 462 g/mol. The van der Waals surface area contributed by atoms with Crippen LogP contribution in [-0.4, -0.2) is 55.7 Å². The summed E-state index contributed by atoms with van der Waals surface area (Å²) in [5.74, 6) is 0.511. The number of piperidine rings is 1. The second kappa shape index (κ2) is 10.4. The zero-order chi connectivity index (χ0) is 24.1. The number of nitrogens with zero attached hydrogens (tertiary/aromatic N) is 1. The Kier molecular flexibility index (Phi) is 7.37. The molecule has 1 N–H and O–H groups in total. The number of fused-ring (bicyclic) bond motifs is 1. The first-order valence-electron chi connectivity index (χ1n) is 12.0. The lowest BCUT2D eigenvalue weighted by molar-refractivity contribution is -0.157. The lowest BCUT2D eigenvalue weighted by Crippen LogP contribution is -2.61. The predicted octanol–water partition coefficient (Wildman–Crippen LogP) is 3.97. The van der Waals surface area contributed by atoms with Gasteiger partial charge in [0.2, 0.25) is 0 Å². The van der Waals surface area contributed by atoms with Crippen LogP contribution >= 0.6 is 0 Å². The average molecular weight is 463 g/mol. The highest BCUT2D eigenvalue weighted by Gasteiger charge is 2.53. The van der Waals surface area contributed by atoms with E-state index < -0.39 is 0 Å². The van der Waals surface area contributed by atoms with Crippen LogP contribution in [0.5, 0.6) is 5.75 Å². The number of carbonyl (C=O) groups is 2. The van der Waals surface area contributed by atoms with Crippen LogP contribution in [0.2, 0.25) is 0 Å². The highest BCUT2D eigenvalue weighted by atomic mass is 16.5. The van der Waals surface area contributed by atoms with Gasteiger partial charge in [0.05, 0.1) is 7.11 Å². The van der Waals surface area contributed by atoms with Gasteiger partial charge in [-0.2, -0.15) is 0 Å². The van der Waals surface area contributed by atoms with E-state index in [2.05, 4.69) is 28.9 Å². The van der Waals surface area contributed by atoms with Gasteiger partial charge in [0.1, 0.15) is 11.9 Å². The number of nitrogens with one attached hydrogen (secondary N) is 1. The number of likely N-dealkylation sites (tertiary alicyclic amines) is 1. The van der Waals surface area contributed by atoms with Gasteiger partial charge in [-0.05, 0) is 49.2 Å². The SMILES string of the molecule is C=CCN1CC[C@@]2(c3cccc(OC)c3)C[C@@H](NC(=O)c3ccccc3)CC(OC(C)=O)[C@@H]2C1. The van der Waals surface area contributed by atoms with Crippen molar-refractivity contribution in [3.63, 3.8) is 0 Å². The van der Waals surface area contributed by atoms with Crippen molar-refractivity contribution in [1.29, 1.82) is 0 Å². The van der Waals surface area contributed by atoms with Gasteiger partial charge in [0, 0.05) is 49.4 Å². The number of esters is 1. The number of hydrogen-bond acceptors (Lipinski definition) is 5. The Morgan fingerprint density at radius 3 is 2.71 bits per heavy atom. The molecule has 1 heterocycles. The highest BCUT2D eigenvalue weighted by Crippen LogP contribution is 2.50. The third-order valence-electron chi connectivity index (χ3n) is 7.34. The molecule has 34 heavy (non-hydrogen) atoms. The molecule has 0 spiro atoms. The van der Waals surface area contributed by atoms with Crippen LogP contribution in [0.4, 0.5) is 0 Å². The van der Waals surface area contributed by atoms with Crippen molar-refractivity contribution in [3.8, 4) is 5.75 Å². The molecule has 2 aromatic rings. The van der Waals surface area contributed by atoms with Crippen LogP contribution < -0.4 is 10.1 Å². The summed E-state index contributed by atoms with van der Waals surface area (Å²) in [6.45, 7) is 7.88. The predicted molar refractivity (Wildman–Crippen MR) is 132 cm³/mol. The molecule has 4 atom stereocenters. The second-order valence-corrected chi connectivity index (χ2v) is 9.42. The molecule has 1 unspecified atom stereocenters. The highest BCUT2D eigenvalue weighted by molar-refractivity contribution is 5.94. The van der Waals surface area contributed by atoms with Crippen LogP contribution in [0, 0.1) is 5.92 Å². The normalized spacial score (nSPS) is 26.7. The van der Waals surface area contributed by atoms with E-state index in [0.717, 1.165) is 38.2 Å². The molecule has 6 heteroatoms. The number of hydrogen-bond donors (Lipinski definition) is 1. The summed E-state index contributed by atoms with van der Waals surface area (Å²) in [6, 6.07) is 17.3. The van der Waals surface area contributed by atoms with Gasteiger partial charge in [-0.1, -0.05) is 36.4 Å². The number of ether oxygens (including phenoxy) is 2. The summed E-state index contributed by atoms with van der Waals surface area (Å²) in [5, 5.41) is 3.24. The van der Waals surface area contributed by atoms with E-state index in [0.29, 0.717) is 12.0 Å². The van der Waals surface area contributed by atoms with Crippen LogP contribution in [0.3, 0.4) is 0 Å². The summed E-state index contributed by atoms with van der Waals surface area (Å²) in [5.41, 5.74) is 1.55. The molecule has 1 aliphatic heterocycles. The molecule has 1 saturated heterocycles. The van der Waals surface area contributed by atoms with Crippen LogP contribution in [-0.2, 0) is 14.9 Å². The van der Waals surface area contributed by atoms with Gasteiger partial charge in [-0.15, -0.1) is 6.58 Å². The molecule has 180 valence electrons. The lowest BCUT2D eigenvalue weighted by Gasteiger charge is -2.55. The van der Waals surface area contributed by atoms with E-state index in [1.165, 1.54) is 12.5 Å². The summed E-state index contributed by atoms with van der Waals surface area (Å²) >= 11 is 0. The summed E-state index contributed by atoms with van der Waals surface area (Å²) in [4.78, 5) is 27.5. The fourth-order valence-corrected chi connectivity index (χ4v) is 5.85. The topological polar surface area (TPSA) is 67.9 Å². The van der Waals surface area contributed by atoms with Gasteiger partial charge in [-0.3, -0.25) is 14.5 Å². The summed E-state index contributed by atoms with van der Waals surface area (Å²) < 4.78 is 11.5. The smallest absolute Gasteiger partial charge is 0.302 e. The molecule has 2 fully saturated rings. The molecule has 2 aliphatic rings. The fraction of sp³-hybridized carbons (Fsp3) is 0.429. The van der Waals surface area contributed by atoms with Crippen molar-refractivity contribution in [1.82, 2.24) is 10.2 Å². The molecule has 0 radical (unpaired) electrons. The van der Waals surface area contributed by atoms with Gasteiger partial charge < -0.3 is 14.8 Å². The maximum absolute atomic E-state index is 13.0. The maximum Gasteiger partial charge on any atom is 0.302 e. The zero-order valence-electron chi connectivity index (χ0n) is 20.0. The van der Waals surface area contributed by atoms with Gasteiger partial charge in [0.15, 0.2) is 0 Å². The summed E-state index contributed by atoms with van der Waals surface area (Å²) in [6.07, 6.45) is 3.89. The van der Waals surface area contributed by atoms with E-state index in [-0.39, 0.29) is 35.4 Å². The van der Waals surface area contributed by atoms with Crippen molar-refractivity contribution in [3.05, 3.63) is 78.4 Å². The third-order valence-corrected chi connectivity index (χ3v) is 7.34. The Labute approximate surface area is 201 Å². The molecule has 0 bridgehead atoms. The zero-order valence-corrected chi connectivity index (χ0v) is 20.0. The van der Waals surface area contributed by atoms with Gasteiger partial charge in [-0.25, -0.2) is 0 Å². The van der Waals surface area contributed by atoms with Crippen molar-refractivity contribution in [2.45, 2.75) is 43.7 Å². The van der Waals surface area contributed by atoms with Crippen LogP contribution in [0.15, 0.2) is 67.3 Å². The van der Waals surface area contributed by atoms with Gasteiger partial charge >= 0.3 is 5.97 Å². The lowest BCUT2D eigenvalue weighted by atomic mass is 9.57.